The first-order chi connectivity index (χ1) is 8.18. The van der Waals surface area contributed by atoms with Crippen molar-refractivity contribution in [3.63, 3.8) is 0 Å². The zero-order valence-electron chi connectivity index (χ0n) is 12.4. The normalized spacial score (nSPS) is 12.0. The summed E-state index contributed by atoms with van der Waals surface area (Å²) in [5.41, 5.74) is 0. The SMILES string of the molecule is CCCCCCCCCC(Br)(CCC)CCC. The van der Waals surface area contributed by atoms with Gasteiger partial charge in [-0.05, 0) is 19.3 Å². The van der Waals surface area contributed by atoms with Crippen molar-refractivity contribution >= 4 is 15.9 Å². The lowest BCUT2D eigenvalue weighted by Gasteiger charge is -2.26. The van der Waals surface area contributed by atoms with Crippen molar-refractivity contribution < 1.29 is 0 Å². The van der Waals surface area contributed by atoms with Crippen LogP contribution in [0.3, 0.4) is 0 Å². The molecule has 0 bridgehead atoms. The Kier molecular flexibility index (Phi) is 11.9. The third kappa shape index (κ3) is 10.1. The maximum atomic E-state index is 4.00. The molecule has 0 atom stereocenters. The van der Waals surface area contributed by atoms with Gasteiger partial charge in [-0.1, -0.05) is 94.5 Å². The third-order valence-electron chi connectivity index (χ3n) is 3.62. The summed E-state index contributed by atoms with van der Waals surface area (Å²) >= 11 is 4.00. The first kappa shape index (κ1) is 17.5. The van der Waals surface area contributed by atoms with E-state index in [9.17, 15) is 0 Å². The summed E-state index contributed by atoms with van der Waals surface area (Å²) in [6, 6.07) is 0. The van der Waals surface area contributed by atoms with Crippen molar-refractivity contribution in [3.8, 4) is 0 Å². The molecule has 0 aliphatic carbocycles. The molecule has 0 radical (unpaired) electrons. The lowest BCUT2D eigenvalue weighted by Crippen LogP contribution is -2.20. The van der Waals surface area contributed by atoms with Gasteiger partial charge in [0.2, 0.25) is 0 Å². The van der Waals surface area contributed by atoms with Crippen molar-refractivity contribution in [2.45, 2.75) is 102 Å². The van der Waals surface area contributed by atoms with Gasteiger partial charge in [0.05, 0.1) is 0 Å². The van der Waals surface area contributed by atoms with E-state index in [-0.39, 0.29) is 0 Å². The largest absolute Gasteiger partial charge is 0.0853 e. The Labute approximate surface area is 118 Å². The second kappa shape index (κ2) is 11.6. The van der Waals surface area contributed by atoms with Crippen LogP contribution < -0.4 is 0 Å². The molecule has 0 aliphatic rings. The highest BCUT2D eigenvalue weighted by atomic mass is 79.9. The predicted molar refractivity (Wildman–Crippen MR) is 84.1 cm³/mol. The van der Waals surface area contributed by atoms with E-state index in [0.29, 0.717) is 4.32 Å². The Morgan fingerprint density at radius 2 is 1.06 bits per heavy atom. The van der Waals surface area contributed by atoms with Crippen molar-refractivity contribution in [3.05, 3.63) is 0 Å². The first-order valence-electron chi connectivity index (χ1n) is 7.87. The standard InChI is InChI=1S/C16H33Br/c1-4-7-8-9-10-11-12-15-16(17,13-5-2)14-6-3/h4-15H2,1-3H3. The molecule has 0 fully saturated rings. The maximum Gasteiger partial charge on any atom is 0.0257 e. The average molecular weight is 305 g/mol. The number of halogens is 1. The molecule has 0 saturated carbocycles. The molecule has 0 amide bonds. The second-order valence-electron chi connectivity index (χ2n) is 5.52. The summed E-state index contributed by atoms with van der Waals surface area (Å²) in [6.07, 6.45) is 16.7. The molecule has 0 aromatic carbocycles. The number of unbranched alkanes of at least 4 members (excludes halogenated alkanes) is 6. The molecule has 17 heavy (non-hydrogen) atoms. The third-order valence-corrected chi connectivity index (χ3v) is 4.81. The quantitative estimate of drug-likeness (QED) is 0.273. The van der Waals surface area contributed by atoms with E-state index in [1.54, 1.807) is 0 Å². The van der Waals surface area contributed by atoms with Gasteiger partial charge in [0.25, 0.3) is 0 Å². The Balaban J connectivity index is 3.54. The minimum atomic E-state index is 0.458. The van der Waals surface area contributed by atoms with E-state index in [2.05, 4.69) is 36.7 Å². The lowest BCUT2D eigenvalue weighted by molar-refractivity contribution is 0.441. The number of hydrogen-bond acceptors (Lipinski definition) is 0. The summed E-state index contributed by atoms with van der Waals surface area (Å²) in [6.45, 7) is 6.89. The molecule has 0 spiro atoms. The fourth-order valence-electron chi connectivity index (χ4n) is 2.67. The summed E-state index contributed by atoms with van der Waals surface area (Å²) < 4.78 is 0.458. The Morgan fingerprint density at radius 1 is 0.588 bits per heavy atom. The van der Waals surface area contributed by atoms with E-state index >= 15 is 0 Å². The van der Waals surface area contributed by atoms with E-state index in [0.717, 1.165) is 0 Å². The molecule has 0 rings (SSSR count). The Hall–Kier alpha value is 0.480. The topological polar surface area (TPSA) is 0 Å². The molecule has 0 nitrogen and oxygen atoms in total. The molecule has 0 aliphatic heterocycles. The highest BCUT2D eigenvalue weighted by Gasteiger charge is 2.23. The van der Waals surface area contributed by atoms with Crippen LogP contribution in [0.4, 0.5) is 0 Å². The fraction of sp³-hybridized carbons (Fsp3) is 1.00. The molecule has 0 saturated heterocycles. The Bertz CT molecular complexity index is 148. The number of alkyl halides is 1. The molecule has 0 aromatic heterocycles. The molecular weight excluding hydrogens is 272 g/mol. The molecule has 0 aromatic rings. The first-order valence-corrected chi connectivity index (χ1v) is 8.66. The lowest BCUT2D eigenvalue weighted by atomic mass is 9.91. The van der Waals surface area contributed by atoms with Gasteiger partial charge < -0.3 is 0 Å². The number of rotatable bonds is 12. The average Bonchev–Trinajstić information content (AvgIpc) is 2.28. The van der Waals surface area contributed by atoms with Crippen LogP contribution in [0.1, 0.15) is 97.8 Å². The molecule has 0 heterocycles. The monoisotopic (exact) mass is 304 g/mol. The molecular formula is C16H33Br. The molecule has 0 N–H and O–H groups in total. The van der Waals surface area contributed by atoms with Gasteiger partial charge in [0.1, 0.15) is 0 Å². The summed E-state index contributed by atoms with van der Waals surface area (Å²) in [4.78, 5) is 0. The molecule has 104 valence electrons. The van der Waals surface area contributed by atoms with Crippen LogP contribution in [-0.2, 0) is 0 Å². The second-order valence-corrected chi connectivity index (χ2v) is 7.20. The molecule has 1 heteroatoms. The summed E-state index contributed by atoms with van der Waals surface area (Å²) in [5.74, 6) is 0. The minimum Gasteiger partial charge on any atom is -0.0853 e. The molecule has 0 unspecified atom stereocenters. The highest BCUT2D eigenvalue weighted by molar-refractivity contribution is 9.10. The van der Waals surface area contributed by atoms with Crippen LogP contribution in [0.25, 0.3) is 0 Å². The van der Waals surface area contributed by atoms with Gasteiger partial charge in [-0.3, -0.25) is 0 Å². The van der Waals surface area contributed by atoms with Crippen LogP contribution >= 0.6 is 15.9 Å². The number of hydrogen-bond donors (Lipinski definition) is 0. The zero-order valence-corrected chi connectivity index (χ0v) is 13.9. The fourth-order valence-corrected chi connectivity index (χ4v) is 3.74. The van der Waals surface area contributed by atoms with E-state index in [1.165, 1.54) is 77.0 Å². The van der Waals surface area contributed by atoms with Crippen LogP contribution in [0.15, 0.2) is 0 Å². The summed E-state index contributed by atoms with van der Waals surface area (Å²) in [7, 11) is 0. The van der Waals surface area contributed by atoms with Crippen molar-refractivity contribution in [1.29, 1.82) is 0 Å². The van der Waals surface area contributed by atoms with Crippen molar-refractivity contribution in [1.82, 2.24) is 0 Å². The summed E-state index contributed by atoms with van der Waals surface area (Å²) in [5, 5.41) is 0. The van der Waals surface area contributed by atoms with Crippen LogP contribution in [0, 0.1) is 0 Å². The van der Waals surface area contributed by atoms with Gasteiger partial charge in [-0.25, -0.2) is 0 Å². The highest BCUT2D eigenvalue weighted by Crippen LogP contribution is 2.35. The van der Waals surface area contributed by atoms with Crippen molar-refractivity contribution in [2.75, 3.05) is 0 Å². The van der Waals surface area contributed by atoms with Crippen molar-refractivity contribution in [2.24, 2.45) is 0 Å². The smallest absolute Gasteiger partial charge is 0.0257 e. The van der Waals surface area contributed by atoms with Crippen LogP contribution in [-0.4, -0.2) is 4.32 Å². The van der Waals surface area contributed by atoms with E-state index < -0.39 is 0 Å². The van der Waals surface area contributed by atoms with Crippen LogP contribution in [0.5, 0.6) is 0 Å². The van der Waals surface area contributed by atoms with Gasteiger partial charge >= 0.3 is 0 Å². The minimum absolute atomic E-state index is 0.458. The maximum absolute atomic E-state index is 4.00. The predicted octanol–water partition coefficient (Wildman–Crippen LogP) is 6.86. The van der Waals surface area contributed by atoms with Gasteiger partial charge in [0.15, 0.2) is 0 Å². The zero-order chi connectivity index (χ0) is 13.0. The van der Waals surface area contributed by atoms with Gasteiger partial charge in [0, 0.05) is 4.32 Å². The Morgan fingerprint density at radius 3 is 1.53 bits per heavy atom. The van der Waals surface area contributed by atoms with E-state index in [4.69, 9.17) is 0 Å². The van der Waals surface area contributed by atoms with Crippen LogP contribution in [0.2, 0.25) is 0 Å². The van der Waals surface area contributed by atoms with Gasteiger partial charge in [-0.2, -0.15) is 0 Å². The van der Waals surface area contributed by atoms with E-state index in [1.807, 2.05) is 0 Å². The van der Waals surface area contributed by atoms with Gasteiger partial charge in [-0.15, -0.1) is 0 Å².